The van der Waals surface area contributed by atoms with Crippen molar-refractivity contribution in [2.75, 3.05) is 57.6 Å². The lowest BCUT2D eigenvalue weighted by Gasteiger charge is -2.69. The predicted molar refractivity (Wildman–Crippen MR) is 388 cm³/mol. The number of ketones is 1. The molecule has 4 aromatic heterocycles. The first-order valence-corrected chi connectivity index (χ1v) is 37.9. The summed E-state index contributed by atoms with van der Waals surface area (Å²) in [5, 5.41) is 63.6. The number of Topliss-reactive ketones (excluding diaryl/α,β-unsaturated/α-hetero) is 1. The molecule has 2 unspecified atom stereocenters. The van der Waals surface area contributed by atoms with Gasteiger partial charge in [0.1, 0.15) is 54.8 Å². The summed E-state index contributed by atoms with van der Waals surface area (Å²) in [6, 6.07) is 20.8. The van der Waals surface area contributed by atoms with Crippen LogP contribution in [0.2, 0.25) is 0 Å². The number of ether oxygens (including phenoxy) is 6. The molecule has 6 heterocycles. The minimum atomic E-state index is -4.69. The molecule has 3 aromatic carbocycles. The van der Waals surface area contributed by atoms with E-state index in [2.05, 4.69) is 39.4 Å². The number of fused-ring (bicyclic) bond motifs is 2. The molecule has 31 nitrogen and oxygen atoms in total. The van der Waals surface area contributed by atoms with Gasteiger partial charge in [-0.2, -0.15) is 13.5 Å². The number of unbranched alkanes of at least 4 members (excludes halogenated alkanes) is 2. The van der Waals surface area contributed by atoms with Crippen molar-refractivity contribution in [1.82, 2.24) is 39.8 Å². The Labute approximate surface area is 624 Å². The highest BCUT2D eigenvalue weighted by molar-refractivity contribution is 7.85. The highest BCUT2D eigenvalue weighted by atomic mass is 32.2. The van der Waals surface area contributed by atoms with Gasteiger partial charge in [0, 0.05) is 109 Å². The van der Waals surface area contributed by atoms with Gasteiger partial charge in [0.15, 0.2) is 22.7 Å². The Morgan fingerprint density at radius 2 is 1.54 bits per heavy atom. The lowest BCUT2D eigenvalue weighted by molar-refractivity contribution is -0.271. The third-order valence-corrected chi connectivity index (χ3v) is 22.2. The number of aliphatic hydroxyl groups is 3. The average molecular weight is 1530 g/mol. The zero-order chi connectivity index (χ0) is 77.0. The third-order valence-electron chi connectivity index (χ3n) is 20.5. The van der Waals surface area contributed by atoms with E-state index in [1.54, 1.807) is 55.8 Å². The number of nitrogens with zero attached hydrogens (tertiary/aromatic N) is 7. The molecule has 6 aliphatic rings. The van der Waals surface area contributed by atoms with E-state index in [1.807, 2.05) is 35.9 Å². The number of amides is 5. The number of aliphatic hydroxyl groups excluding tert-OH is 3. The van der Waals surface area contributed by atoms with Crippen molar-refractivity contribution < 1.29 is 105 Å². The van der Waals surface area contributed by atoms with Gasteiger partial charge in [-0.1, -0.05) is 49.8 Å². The van der Waals surface area contributed by atoms with E-state index in [1.165, 1.54) is 46.6 Å². The topological polar surface area (TPSA) is 434 Å². The number of para-hydroxylation sites is 1. The maximum Gasteiger partial charge on any atom is 0.409 e. The van der Waals surface area contributed by atoms with Crippen molar-refractivity contribution in [3.8, 4) is 33.9 Å². The van der Waals surface area contributed by atoms with Crippen LogP contribution in [0.5, 0.6) is 11.5 Å². The number of rotatable bonds is 34. The van der Waals surface area contributed by atoms with E-state index >= 15 is 0 Å². The summed E-state index contributed by atoms with van der Waals surface area (Å²) in [6.07, 6.45) is 1.10. The number of imide groups is 1. The van der Waals surface area contributed by atoms with Crippen molar-refractivity contribution in [1.29, 1.82) is 0 Å². The second kappa shape index (κ2) is 32.2. The molecule has 5 fully saturated rings. The highest BCUT2D eigenvalue weighted by Gasteiger charge is 2.66. The zero-order valence-electron chi connectivity index (χ0n) is 59.8. The van der Waals surface area contributed by atoms with Crippen LogP contribution < -0.4 is 20.1 Å². The van der Waals surface area contributed by atoms with Gasteiger partial charge in [-0.3, -0.25) is 48.4 Å². The molecule has 574 valence electrons. The number of carboxylic acid groups (broad SMARTS) is 2. The Morgan fingerprint density at radius 1 is 0.787 bits per heavy atom. The van der Waals surface area contributed by atoms with Gasteiger partial charge in [-0.25, -0.2) is 24.4 Å². The van der Waals surface area contributed by atoms with E-state index in [4.69, 9.17) is 33.5 Å². The zero-order valence-corrected chi connectivity index (χ0v) is 61.4. The van der Waals surface area contributed by atoms with Gasteiger partial charge in [-0.15, -0.1) is 0 Å². The number of aromatic carboxylic acids is 1. The number of thiazole rings is 1. The molecular formula is C75H85N9O22S2. The number of hydrogen-bond donors (Lipinski definition) is 8. The second-order valence-electron chi connectivity index (χ2n) is 29.4. The van der Waals surface area contributed by atoms with Crippen LogP contribution >= 0.6 is 11.3 Å². The van der Waals surface area contributed by atoms with Gasteiger partial charge < -0.3 is 64.2 Å². The number of hydrogen-bond acceptors (Lipinski definition) is 24. The molecule has 5 amide bonds. The summed E-state index contributed by atoms with van der Waals surface area (Å²) in [5.41, 5.74) is 3.33. The molecule has 13 rings (SSSR count). The molecule has 0 spiro atoms. The number of anilines is 1. The highest BCUT2D eigenvalue weighted by Crippen LogP contribution is 2.72. The smallest absolute Gasteiger partial charge is 0.409 e. The molecule has 8 atom stereocenters. The number of benzene rings is 3. The van der Waals surface area contributed by atoms with Gasteiger partial charge in [0.05, 0.1) is 46.4 Å². The number of nitrogens with one attached hydrogen (secondary N) is 2. The second-order valence-corrected chi connectivity index (χ2v) is 31.9. The monoisotopic (exact) mass is 1530 g/mol. The van der Waals surface area contributed by atoms with Crippen molar-refractivity contribution in [3.05, 3.63) is 126 Å². The minimum Gasteiger partial charge on any atom is -0.491 e. The maximum atomic E-state index is 13.8. The molecular weight excluding hydrogens is 1440 g/mol. The summed E-state index contributed by atoms with van der Waals surface area (Å²) in [4.78, 5) is 118. The lowest BCUT2D eigenvalue weighted by atomic mass is 9.39. The molecule has 4 bridgehead atoms. The fourth-order valence-corrected chi connectivity index (χ4v) is 18.3. The van der Waals surface area contributed by atoms with E-state index in [0.29, 0.717) is 76.2 Å². The first-order chi connectivity index (χ1) is 51.4. The largest absolute Gasteiger partial charge is 0.491 e. The summed E-state index contributed by atoms with van der Waals surface area (Å²) < 4.78 is 71.7. The Balaban J connectivity index is 0.646. The van der Waals surface area contributed by atoms with Crippen LogP contribution in [0.25, 0.3) is 43.5 Å². The fraction of sp³-hybridized carbons (Fsp3) is 0.467. The predicted octanol–water partition coefficient (Wildman–Crippen LogP) is 7.31. The van der Waals surface area contributed by atoms with Gasteiger partial charge >= 0.3 is 18.0 Å². The van der Waals surface area contributed by atoms with Gasteiger partial charge in [0.25, 0.3) is 27.8 Å². The Morgan fingerprint density at radius 3 is 2.27 bits per heavy atom. The number of aromatic nitrogens is 5. The van der Waals surface area contributed by atoms with Crippen LogP contribution in [0.4, 0.5) is 9.93 Å². The quantitative estimate of drug-likeness (QED) is 0.0111. The van der Waals surface area contributed by atoms with Crippen molar-refractivity contribution >= 4 is 95.1 Å². The Hall–Kier alpha value is -9.71. The Kier molecular flexibility index (Phi) is 23.2. The molecule has 108 heavy (non-hydrogen) atoms. The van der Waals surface area contributed by atoms with Gasteiger partial charge in [0.2, 0.25) is 12.2 Å². The van der Waals surface area contributed by atoms with Crippen molar-refractivity contribution in [3.63, 3.8) is 0 Å². The SMILES string of the molecule is Cc1c(-c2ccc(-c3cnc4cccc(C(=O)Nc5nc6ccccc6s5)c4c3)nc2C(=O)O)cnn1CC12CC3(C)CC(C)(C1)CC(OCCN(C)C(=O)OCc1ccc(OCCOCCCC(=O)[C@H](CS(=O)(=O)O)NC(=O)CCCCCN4C(=O)C=CC4=O)cc1O[C@@H]1O[C@H](C(=O)O)[C@@H](O)[C@H](O)[C@H]1O)(C3)C2. The number of carboxylic acids is 2. The first kappa shape index (κ1) is 77.9. The van der Waals surface area contributed by atoms with Crippen LogP contribution in [-0.4, -0.2) is 215 Å². The Bertz CT molecular complexity index is 4710. The van der Waals surface area contributed by atoms with E-state index < -0.39 is 106 Å². The fourth-order valence-electron chi connectivity index (χ4n) is 16.7. The van der Waals surface area contributed by atoms with E-state index in [9.17, 15) is 76.9 Å². The summed E-state index contributed by atoms with van der Waals surface area (Å²) in [7, 11) is -3.14. The van der Waals surface area contributed by atoms with Crippen LogP contribution in [0.15, 0.2) is 103 Å². The number of carbonyl (C=O) groups is 8. The number of carbonyl (C=O) groups excluding carboxylic acids is 6. The summed E-state index contributed by atoms with van der Waals surface area (Å²) in [6.45, 7) is 6.92. The standard InChI is InChI=1S/C75H85N9O22S2/c1-43-50(47-20-21-51(79-61(47)67(93)94)45-30-49-48(12-10-14-52(49)76-32-45)66(92)81-70-80-53-13-7-8-16-57(53)107-70)33-77-84(43)42-74-37-72(2)36-73(3,38-74)40-75(39-72,41-74)104-27-25-82(4)71(97)103-34-44-18-19-46(31-56(44)105-69-64(91)62(89)63(90)65(106-69)68(95)96)102-29-28-101-26-11-15-55(85)54(35-108(98,99)100)78-58(86)17-6-5-9-24-83-59(87)22-23-60(83)88/h7-8,10,12-14,16,18-23,30-33,54,62-65,69,89-91H,5-6,9,11,15,17,24-29,34-42H2,1-4H3,(H,78,86)(H,93,94)(H,95,96)(H,80,81,92)(H,98,99,100)/t54-,62-,63-,64+,65-,69+,72?,73?,74?,75?/m0/s1. The number of aliphatic carboxylic acids is 1. The van der Waals surface area contributed by atoms with Crippen LogP contribution in [0.1, 0.15) is 123 Å². The van der Waals surface area contributed by atoms with Crippen LogP contribution in [-0.2, 0) is 66.2 Å². The van der Waals surface area contributed by atoms with Crippen LogP contribution in [0.3, 0.4) is 0 Å². The summed E-state index contributed by atoms with van der Waals surface area (Å²) >= 11 is 1.36. The minimum absolute atomic E-state index is 0.0173. The number of pyridine rings is 2. The molecule has 4 aliphatic carbocycles. The molecule has 2 aliphatic heterocycles. The lowest BCUT2D eigenvalue weighted by Crippen LogP contribution is -2.64. The molecule has 4 saturated carbocycles. The van der Waals surface area contributed by atoms with E-state index in [0.717, 1.165) is 52.9 Å². The molecule has 7 aromatic rings. The van der Waals surface area contributed by atoms with Crippen molar-refractivity contribution in [2.45, 2.75) is 153 Å². The van der Waals surface area contributed by atoms with Crippen molar-refractivity contribution in [2.24, 2.45) is 16.2 Å². The normalized spacial score (nSPS) is 23.9. The molecule has 33 heteroatoms. The van der Waals surface area contributed by atoms with Gasteiger partial charge in [-0.05, 0) is 136 Å². The third kappa shape index (κ3) is 18.0. The van der Waals surface area contributed by atoms with Crippen LogP contribution in [0, 0.1) is 23.2 Å². The maximum absolute atomic E-state index is 13.8. The molecule has 1 saturated heterocycles. The molecule has 0 radical (unpaired) electrons. The van der Waals surface area contributed by atoms with E-state index in [-0.39, 0.29) is 104 Å². The average Bonchev–Trinajstić information content (AvgIpc) is 0.842. The summed E-state index contributed by atoms with van der Waals surface area (Å²) in [5.74, 6) is -6.47. The molecule has 8 N–H and O–H groups in total. The number of likely N-dealkylation sites (N-methyl/N-ethyl adjacent to an activating group) is 1. The first-order valence-electron chi connectivity index (χ1n) is 35.5.